The fourth-order valence-corrected chi connectivity index (χ4v) is 2.17. The van der Waals surface area contributed by atoms with Crippen molar-refractivity contribution in [1.29, 1.82) is 0 Å². The quantitative estimate of drug-likeness (QED) is 0.602. The first-order valence-corrected chi connectivity index (χ1v) is 6.41. The van der Waals surface area contributed by atoms with Gasteiger partial charge in [-0.1, -0.05) is 61.1 Å². The van der Waals surface area contributed by atoms with Gasteiger partial charge >= 0.3 is 0 Å². The molecule has 0 nitrogen and oxygen atoms in total. The molecule has 0 saturated carbocycles. The van der Waals surface area contributed by atoms with Crippen molar-refractivity contribution in [3.8, 4) is 0 Å². The molecule has 0 heteroatoms. The molecule has 0 radical (unpaired) electrons. The molecule has 0 bridgehead atoms. The van der Waals surface area contributed by atoms with Gasteiger partial charge in [0.25, 0.3) is 0 Å². The number of rotatable bonds is 5. The van der Waals surface area contributed by atoms with Crippen molar-refractivity contribution in [2.24, 2.45) is 0 Å². The molecule has 0 fully saturated rings. The standard InChI is InChI=1S/C17H24/c1-5-13-17(4,14-9-10-15(2)3)16-11-7-6-8-12-16/h5-8,10-13H,9,14H2,1-4H3/b13-5+. The predicted octanol–water partition coefficient (Wildman–Crippen LogP) is 5.27. The maximum Gasteiger partial charge on any atom is 0.0106 e. The average Bonchev–Trinajstić information content (AvgIpc) is 2.30. The minimum absolute atomic E-state index is 0.155. The summed E-state index contributed by atoms with van der Waals surface area (Å²) in [5, 5.41) is 0. The van der Waals surface area contributed by atoms with Gasteiger partial charge < -0.3 is 0 Å². The van der Waals surface area contributed by atoms with Gasteiger partial charge in [-0.15, -0.1) is 0 Å². The van der Waals surface area contributed by atoms with E-state index in [0.29, 0.717) is 0 Å². The first kappa shape index (κ1) is 13.8. The van der Waals surface area contributed by atoms with E-state index < -0.39 is 0 Å². The largest absolute Gasteiger partial charge is 0.0908 e. The second kappa shape index (κ2) is 6.44. The van der Waals surface area contributed by atoms with Gasteiger partial charge in [-0.3, -0.25) is 0 Å². The molecule has 0 amide bonds. The molecule has 1 aromatic carbocycles. The molecule has 1 atom stereocenters. The van der Waals surface area contributed by atoms with Crippen LogP contribution < -0.4 is 0 Å². The summed E-state index contributed by atoms with van der Waals surface area (Å²) in [7, 11) is 0. The van der Waals surface area contributed by atoms with Crippen molar-refractivity contribution in [2.75, 3.05) is 0 Å². The molecular formula is C17H24. The predicted molar refractivity (Wildman–Crippen MR) is 77.3 cm³/mol. The number of hydrogen-bond acceptors (Lipinski definition) is 0. The van der Waals surface area contributed by atoms with Crippen molar-refractivity contribution in [3.63, 3.8) is 0 Å². The molecule has 1 rings (SSSR count). The Labute approximate surface area is 106 Å². The molecule has 0 saturated heterocycles. The van der Waals surface area contributed by atoms with Crippen LogP contribution >= 0.6 is 0 Å². The lowest BCUT2D eigenvalue weighted by Crippen LogP contribution is -2.18. The lowest BCUT2D eigenvalue weighted by Gasteiger charge is -2.26. The van der Waals surface area contributed by atoms with Gasteiger partial charge in [0.1, 0.15) is 0 Å². The average molecular weight is 228 g/mol. The maximum atomic E-state index is 2.32. The Hall–Kier alpha value is -1.30. The molecular weight excluding hydrogens is 204 g/mol. The normalized spacial score (nSPS) is 14.6. The second-order valence-corrected chi connectivity index (χ2v) is 5.10. The maximum absolute atomic E-state index is 2.32. The SMILES string of the molecule is C/C=C/C(C)(CCC=C(C)C)c1ccccc1. The van der Waals surface area contributed by atoms with E-state index in [1.54, 1.807) is 0 Å². The zero-order valence-electron chi connectivity index (χ0n) is 11.5. The Balaban J connectivity index is 2.87. The minimum Gasteiger partial charge on any atom is -0.0908 e. The van der Waals surface area contributed by atoms with Crippen LogP contribution in [0.5, 0.6) is 0 Å². The molecule has 1 unspecified atom stereocenters. The molecule has 0 aliphatic heterocycles. The number of benzene rings is 1. The zero-order valence-corrected chi connectivity index (χ0v) is 11.5. The summed E-state index contributed by atoms with van der Waals surface area (Å²) in [6, 6.07) is 10.8. The Kier molecular flexibility index (Phi) is 5.21. The van der Waals surface area contributed by atoms with Crippen LogP contribution in [0.1, 0.15) is 46.1 Å². The van der Waals surface area contributed by atoms with Gasteiger partial charge in [-0.05, 0) is 39.2 Å². The van der Waals surface area contributed by atoms with Crippen molar-refractivity contribution >= 4 is 0 Å². The fraction of sp³-hybridized carbons (Fsp3) is 0.412. The highest BCUT2D eigenvalue weighted by atomic mass is 14.3. The lowest BCUT2D eigenvalue weighted by atomic mass is 9.78. The highest BCUT2D eigenvalue weighted by Gasteiger charge is 2.21. The Morgan fingerprint density at radius 2 is 1.82 bits per heavy atom. The Bertz CT molecular complexity index is 380. The van der Waals surface area contributed by atoms with Crippen LogP contribution in [-0.4, -0.2) is 0 Å². The highest BCUT2D eigenvalue weighted by Crippen LogP contribution is 2.30. The van der Waals surface area contributed by atoms with Crippen molar-refractivity contribution in [2.45, 2.75) is 46.0 Å². The molecule has 0 aromatic heterocycles. The minimum atomic E-state index is 0.155. The van der Waals surface area contributed by atoms with Crippen LogP contribution in [-0.2, 0) is 5.41 Å². The molecule has 0 spiro atoms. The summed E-state index contributed by atoms with van der Waals surface area (Å²) < 4.78 is 0. The van der Waals surface area contributed by atoms with E-state index in [4.69, 9.17) is 0 Å². The van der Waals surface area contributed by atoms with Gasteiger partial charge in [0, 0.05) is 5.41 Å². The lowest BCUT2D eigenvalue weighted by molar-refractivity contribution is 0.544. The van der Waals surface area contributed by atoms with Crippen molar-refractivity contribution in [1.82, 2.24) is 0 Å². The molecule has 1 aromatic rings. The van der Waals surface area contributed by atoms with Crippen LogP contribution in [0.15, 0.2) is 54.1 Å². The summed E-state index contributed by atoms with van der Waals surface area (Å²) in [5.41, 5.74) is 2.96. The van der Waals surface area contributed by atoms with E-state index in [1.165, 1.54) is 11.1 Å². The van der Waals surface area contributed by atoms with E-state index in [0.717, 1.165) is 12.8 Å². The highest BCUT2D eigenvalue weighted by molar-refractivity contribution is 5.29. The van der Waals surface area contributed by atoms with E-state index >= 15 is 0 Å². The zero-order chi connectivity index (χ0) is 12.7. The van der Waals surface area contributed by atoms with E-state index in [-0.39, 0.29) is 5.41 Å². The van der Waals surface area contributed by atoms with Crippen molar-refractivity contribution < 1.29 is 0 Å². The summed E-state index contributed by atoms with van der Waals surface area (Å²) >= 11 is 0. The fourth-order valence-electron chi connectivity index (χ4n) is 2.17. The summed E-state index contributed by atoms with van der Waals surface area (Å²) in [6.07, 6.45) is 9.10. The molecule has 0 heterocycles. The van der Waals surface area contributed by atoms with Crippen LogP contribution in [0.2, 0.25) is 0 Å². The van der Waals surface area contributed by atoms with Gasteiger partial charge in [0.05, 0.1) is 0 Å². The van der Waals surface area contributed by atoms with E-state index in [2.05, 4.69) is 76.3 Å². The molecule has 92 valence electrons. The van der Waals surface area contributed by atoms with Crippen LogP contribution in [0.3, 0.4) is 0 Å². The molecule has 17 heavy (non-hydrogen) atoms. The van der Waals surface area contributed by atoms with Gasteiger partial charge in [-0.2, -0.15) is 0 Å². The molecule has 0 N–H and O–H groups in total. The smallest absolute Gasteiger partial charge is 0.0106 e. The third-order valence-electron chi connectivity index (χ3n) is 3.18. The topological polar surface area (TPSA) is 0 Å². The Morgan fingerprint density at radius 1 is 1.18 bits per heavy atom. The Morgan fingerprint density at radius 3 is 2.35 bits per heavy atom. The van der Waals surface area contributed by atoms with Gasteiger partial charge in [0.2, 0.25) is 0 Å². The van der Waals surface area contributed by atoms with Crippen molar-refractivity contribution in [3.05, 3.63) is 59.7 Å². The molecule has 0 aliphatic rings. The third-order valence-corrected chi connectivity index (χ3v) is 3.18. The van der Waals surface area contributed by atoms with E-state index in [1.807, 2.05) is 0 Å². The van der Waals surface area contributed by atoms with Crippen LogP contribution in [0, 0.1) is 0 Å². The van der Waals surface area contributed by atoms with Gasteiger partial charge in [0.15, 0.2) is 0 Å². The number of allylic oxidation sites excluding steroid dienone is 4. The monoisotopic (exact) mass is 228 g/mol. The first-order valence-electron chi connectivity index (χ1n) is 6.41. The molecule has 0 aliphatic carbocycles. The second-order valence-electron chi connectivity index (χ2n) is 5.10. The summed E-state index contributed by atoms with van der Waals surface area (Å²) in [4.78, 5) is 0. The third kappa shape index (κ3) is 4.22. The number of hydrogen-bond donors (Lipinski definition) is 0. The van der Waals surface area contributed by atoms with Gasteiger partial charge in [-0.25, -0.2) is 0 Å². The van der Waals surface area contributed by atoms with E-state index in [9.17, 15) is 0 Å². The van der Waals surface area contributed by atoms with Crippen LogP contribution in [0.4, 0.5) is 0 Å². The first-order chi connectivity index (χ1) is 8.08. The summed E-state index contributed by atoms with van der Waals surface area (Å²) in [6.45, 7) is 8.74. The summed E-state index contributed by atoms with van der Waals surface area (Å²) in [5.74, 6) is 0. The van der Waals surface area contributed by atoms with Crippen LogP contribution in [0.25, 0.3) is 0 Å².